The lowest BCUT2D eigenvalue weighted by Crippen LogP contribution is -2.23. The van der Waals surface area contributed by atoms with Gasteiger partial charge in [-0.3, -0.25) is 0 Å². The third-order valence-electron chi connectivity index (χ3n) is 3.88. The summed E-state index contributed by atoms with van der Waals surface area (Å²) in [6.45, 7) is 6.95. The Balaban J connectivity index is 1.98. The molecule has 0 aliphatic carbocycles. The molecule has 1 aliphatic rings. The van der Waals surface area contributed by atoms with Gasteiger partial charge in [0.15, 0.2) is 0 Å². The summed E-state index contributed by atoms with van der Waals surface area (Å²) in [7, 11) is 2.22. The Morgan fingerprint density at radius 2 is 2.06 bits per heavy atom. The van der Waals surface area contributed by atoms with E-state index in [0.717, 1.165) is 0 Å². The molecule has 0 saturated carbocycles. The van der Waals surface area contributed by atoms with Crippen LogP contribution in [0.1, 0.15) is 44.6 Å². The number of nitrogens with zero attached hydrogens (tertiary/aromatic N) is 1. The molecular formula is C16H26N2. The lowest BCUT2D eigenvalue weighted by Gasteiger charge is -2.19. The molecule has 100 valence electrons. The monoisotopic (exact) mass is 246 g/mol. The first-order valence-corrected chi connectivity index (χ1v) is 7.20. The molecular weight excluding hydrogens is 220 g/mol. The van der Waals surface area contributed by atoms with Gasteiger partial charge in [0, 0.05) is 11.7 Å². The van der Waals surface area contributed by atoms with Gasteiger partial charge in [0.2, 0.25) is 0 Å². The third-order valence-corrected chi connectivity index (χ3v) is 3.88. The molecule has 1 aromatic carbocycles. The van der Waals surface area contributed by atoms with Gasteiger partial charge in [0.25, 0.3) is 0 Å². The van der Waals surface area contributed by atoms with Crippen LogP contribution in [0.4, 0.5) is 5.69 Å². The van der Waals surface area contributed by atoms with Crippen LogP contribution < -0.4 is 5.32 Å². The first-order valence-electron chi connectivity index (χ1n) is 7.20. The van der Waals surface area contributed by atoms with E-state index in [1.54, 1.807) is 0 Å². The Bertz CT molecular complexity index is 373. The molecule has 0 spiro atoms. The predicted molar refractivity (Wildman–Crippen MR) is 79.3 cm³/mol. The van der Waals surface area contributed by atoms with Crippen LogP contribution in [0, 0.1) is 0 Å². The molecule has 1 aliphatic heterocycles. The summed E-state index contributed by atoms with van der Waals surface area (Å²) < 4.78 is 0. The molecule has 1 heterocycles. The first kappa shape index (κ1) is 13.4. The summed E-state index contributed by atoms with van der Waals surface area (Å²) in [6.07, 6.45) is 3.84. The normalized spacial score (nSPS) is 21.9. The molecule has 1 fully saturated rings. The van der Waals surface area contributed by atoms with Crippen molar-refractivity contribution in [3.05, 3.63) is 29.8 Å². The van der Waals surface area contributed by atoms with E-state index in [0.29, 0.717) is 12.0 Å². The predicted octanol–water partition coefficient (Wildman–Crippen LogP) is 3.71. The Hall–Kier alpha value is -1.02. The largest absolute Gasteiger partial charge is 0.382 e. The highest BCUT2D eigenvalue weighted by Crippen LogP contribution is 2.21. The van der Waals surface area contributed by atoms with Gasteiger partial charge in [-0.15, -0.1) is 0 Å². The smallest absolute Gasteiger partial charge is 0.0345 e. The van der Waals surface area contributed by atoms with E-state index in [2.05, 4.69) is 55.4 Å². The molecule has 0 bridgehead atoms. The van der Waals surface area contributed by atoms with Gasteiger partial charge < -0.3 is 10.2 Å². The Morgan fingerprint density at radius 3 is 2.83 bits per heavy atom. The van der Waals surface area contributed by atoms with Gasteiger partial charge in [-0.1, -0.05) is 26.0 Å². The summed E-state index contributed by atoms with van der Waals surface area (Å²) in [6, 6.07) is 9.52. The van der Waals surface area contributed by atoms with E-state index in [-0.39, 0.29) is 0 Å². The average molecular weight is 246 g/mol. The molecule has 2 heteroatoms. The maximum absolute atomic E-state index is 3.71. The van der Waals surface area contributed by atoms with Gasteiger partial charge in [-0.25, -0.2) is 0 Å². The molecule has 0 amide bonds. The summed E-state index contributed by atoms with van der Waals surface area (Å²) in [4.78, 5) is 2.44. The highest BCUT2D eigenvalue weighted by Gasteiger charge is 2.14. The quantitative estimate of drug-likeness (QED) is 0.874. The van der Waals surface area contributed by atoms with Gasteiger partial charge in [-0.2, -0.15) is 0 Å². The summed E-state index contributed by atoms with van der Waals surface area (Å²) in [5.41, 5.74) is 2.71. The topological polar surface area (TPSA) is 15.3 Å². The highest BCUT2D eigenvalue weighted by atomic mass is 15.1. The van der Waals surface area contributed by atoms with Gasteiger partial charge in [0.1, 0.15) is 0 Å². The molecule has 1 N–H and O–H groups in total. The molecule has 1 saturated heterocycles. The van der Waals surface area contributed by atoms with Crippen LogP contribution in [0.2, 0.25) is 0 Å². The highest BCUT2D eigenvalue weighted by molar-refractivity contribution is 5.47. The average Bonchev–Trinajstić information content (AvgIpc) is 2.55. The Kier molecular flexibility index (Phi) is 4.65. The van der Waals surface area contributed by atoms with E-state index in [4.69, 9.17) is 0 Å². The van der Waals surface area contributed by atoms with Crippen LogP contribution in [-0.2, 0) is 0 Å². The van der Waals surface area contributed by atoms with E-state index in [1.807, 2.05) is 0 Å². The standard InChI is InChI=1S/C16H26N2/c1-13(2)14-6-4-7-16(12-14)17-15-8-5-10-18(3)11-9-15/h4,6-7,12-13,15,17H,5,8-11H2,1-3H3. The van der Waals surface area contributed by atoms with Crippen LogP contribution in [0.15, 0.2) is 24.3 Å². The molecule has 1 atom stereocenters. The molecule has 18 heavy (non-hydrogen) atoms. The molecule has 2 nitrogen and oxygen atoms in total. The SMILES string of the molecule is CC(C)c1cccc(NC2CCCN(C)CC2)c1. The zero-order chi connectivity index (χ0) is 13.0. The van der Waals surface area contributed by atoms with Crippen molar-refractivity contribution < 1.29 is 0 Å². The second kappa shape index (κ2) is 6.24. The van der Waals surface area contributed by atoms with E-state index in [1.165, 1.54) is 43.6 Å². The summed E-state index contributed by atoms with van der Waals surface area (Å²) in [5.74, 6) is 0.604. The van der Waals surface area contributed by atoms with Gasteiger partial charge >= 0.3 is 0 Å². The zero-order valence-electron chi connectivity index (χ0n) is 11.9. The van der Waals surface area contributed by atoms with Gasteiger partial charge in [0.05, 0.1) is 0 Å². The summed E-state index contributed by atoms with van der Waals surface area (Å²) in [5, 5.41) is 3.71. The molecule has 1 aromatic rings. The van der Waals surface area contributed by atoms with Crippen molar-refractivity contribution >= 4 is 5.69 Å². The van der Waals surface area contributed by atoms with Crippen molar-refractivity contribution in [2.75, 3.05) is 25.5 Å². The van der Waals surface area contributed by atoms with Crippen molar-refractivity contribution in [2.45, 2.75) is 45.1 Å². The van der Waals surface area contributed by atoms with Crippen molar-refractivity contribution in [1.82, 2.24) is 4.90 Å². The summed E-state index contributed by atoms with van der Waals surface area (Å²) >= 11 is 0. The minimum Gasteiger partial charge on any atom is -0.382 e. The number of rotatable bonds is 3. The maximum Gasteiger partial charge on any atom is 0.0345 e. The number of hydrogen-bond acceptors (Lipinski definition) is 2. The fourth-order valence-electron chi connectivity index (χ4n) is 2.61. The van der Waals surface area contributed by atoms with Crippen molar-refractivity contribution in [3.8, 4) is 0 Å². The number of hydrogen-bond donors (Lipinski definition) is 1. The second-order valence-electron chi connectivity index (χ2n) is 5.86. The lowest BCUT2D eigenvalue weighted by molar-refractivity contribution is 0.348. The van der Waals surface area contributed by atoms with E-state index in [9.17, 15) is 0 Å². The molecule has 2 rings (SSSR count). The number of nitrogens with one attached hydrogen (secondary N) is 1. The third kappa shape index (κ3) is 3.74. The zero-order valence-corrected chi connectivity index (χ0v) is 11.9. The minimum absolute atomic E-state index is 0.604. The lowest BCUT2D eigenvalue weighted by atomic mass is 10.0. The van der Waals surface area contributed by atoms with Crippen molar-refractivity contribution in [2.24, 2.45) is 0 Å². The Morgan fingerprint density at radius 1 is 1.22 bits per heavy atom. The Labute approximate surface area is 111 Å². The fraction of sp³-hybridized carbons (Fsp3) is 0.625. The van der Waals surface area contributed by atoms with Crippen LogP contribution in [0.25, 0.3) is 0 Å². The second-order valence-corrected chi connectivity index (χ2v) is 5.86. The van der Waals surface area contributed by atoms with Crippen molar-refractivity contribution in [3.63, 3.8) is 0 Å². The van der Waals surface area contributed by atoms with Crippen LogP contribution >= 0.6 is 0 Å². The number of benzene rings is 1. The van der Waals surface area contributed by atoms with Crippen LogP contribution in [-0.4, -0.2) is 31.1 Å². The van der Waals surface area contributed by atoms with Gasteiger partial charge in [-0.05, 0) is 63.0 Å². The number of likely N-dealkylation sites (tertiary alicyclic amines) is 1. The van der Waals surface area contributed by atoms with E-state index >= 15 is 0 Å². The van der Waals surface area contributed by atoms with Crippen molar-refractivity contribution in [1.29, 1.82) is 0 Å². The fourth-order valence-corrected chi connectivity index (χ4v) is 2.61. The van der Waals surface area contributed by atoms with Crippen LogP contribution in [0.3, 0.4) is 0 Å². The van der Waals surface area contributed by atoms with Crippen LogP contribution in [0.5, 0.6) is 0 Å². The maximum atomic E-state index is 3.71. The molecule has 1 unspecified atom stereocenters. The molecule has 0 radical (unpaired) electrons. The molecule has 0 aromatic heterocycles. The first-order chi connectivity index (χ1) is 8.65. The number of anilines is 1. The minimum atomic E-state index is 0.604. The van der Waals surface area contributed by atoms with E-state index < -0.39 is 0 Å².